The topological polar surface area (TPSA) is 73.6 Å². The van der Waals surface area contributed by atoms with E-state index in [1.165, 1.54) is 0 Å². The van der Waals surface area contributed by atoms with Gasteiger partial charge in [0, 0.05) is 18.2 Å². The summed E-state index contributed by atoms with van der Waals surface area (Å²) in [5, 5.41) is 2.95. The zero-order chi connectivity index (χ0) is 14.7. The Morgan fingerprint density at radius 3 is 2.76 bits per heavy atom. The van der Waals surface area contributed by atoms with Gasteiger partial charge in [0.2, 0.25) is 6.79 Å². The Labute approximate surface area is 139 Å². The predicted molar refractivity (Wildman–Crippen MR) is 87.3 cm³/mol. The summed E-state index contributed by atoms with van der Waals surface area (Å²) >= 11 is 3.38. The van der Waals surface area contributed by atoms with Gasteiger partial charge < -0.3 is 20.5 Å². The van der Waals surface area contributed by atoms with Crippen molar-refractivity contribution in [1.29, 1.82) is 0 Å². The largest absolute Gasteiger partial charge is 0.454 e. The number of hydrogen-bond donors (Lipinski definition) is 2. The maximum absolute atomic E-state index is 12.3. The molecule has 2 rings (SSSR count). The van der Waals surface area contributed by atoms with Crippen LogP contribution in [0, 0.1) is 5.92 Å². The molecule has 1 aliphatic heterocycles. The molecule has 1 heterocycles. The lowest BCUT2D eigenvalue weighted by Crippen LogP contribution is -2.41. The number of nitrogens with one attached hydrogen (secondary N) is 1. The van der Waals surface area contributed by atoms with Crippen molar-refractivity contribution in [2.24, 2.45) is 11.7 Å². The first kappa shape index (κ1) is 18.1. The van der Waals surface area contributed by atoms with Gasteiger partial charge in [-0.2, -0.15) is 0 Å². The van der Waals surface area contributed by atoms with Crippen molar-refractivity contribution in [1.82, 2.24) is 5.32 Å². The van der Waals surface area contributed by atoms with E-state index in [9.17, 15) is 4.79 Å². The van der Waals surface area contributed by atoms with Crippen LogP contribution in [0.1, 0.15) is 30.6 Å². The number of nitrogens with two attached hydrogens (primary N) is 1. The number of benzene rings is 1. The normalized spacial score (nSPS) is 13.8. The number of halogens is 2. The van der Waals surface area contributed by atoms with Gasteiger partial charge in [-0.25, -0.2) is 0 Å². The van der Waals surface area contributed by atoms with E-state index in [-0.39, 0.29) is 31.1 Å². The van der Waals surface area contributed by atoms with Crippen LogP contribution in [0.25, 0.3) is 0 Å². The number of rotatable bonds is 5. The van der Waals surface area contributed by atoms with Crippen LogP contribution in [0.5, 0.6) is 11.5 Å². The van der Waals surface area contributed by atoms with E-state index in [0.717, 1.165) is 6.42 Å². The summed E-state index contributed by atoms with van der Waals surface area (Å²) in [4.78, 5) is 12.3. The lowest BCUT2D eigenvalue weighted by atomic mass is 10.0. The second-order valence-corrected chi connectivity index (χ2v) is 6.08. The summed E-state index contributed by atoms with van der Waals surface area (Å²) in [6.45, 7) is 4.81. The van der Waals surface area contributed by atoms with E-state index in [2.05, 4.69) is 35.1 Å². The Balaban J connectivity index is 0.00000220. The Kier molecular flexibility index (Phi) is 6.77. The molecule has 3 N–H and O–H groups in total. The maximum Gasteiger partial charge on any atom is 0.251 e. The van der Waals surface area contributed by atoms with Gasteiger partial charge in [-0.05, 0) is 40.4 Å². The minimum atomic E-state index is -0.153. The molecular formula is C14H20BrClN2O3. The highest BCUT2D eigenvalue weighted by atomic mass is 79.9. The van der Waals surface area contributed by atoms with E-state index in [1.807, 2.05) is 0 Å². The molecule has 1 amide bonds. The summed E-state index contributed by atoms with van der Waals surface area (Å²) in [7, 11) is 0. The predicted octanol–water partition coefficient (Wildman–Crippen LogP) is 2.70. The van der Waals surface area contributed by atoms with Gasteiger partial charge in [0.1, 0.15) is 0 Å². The van der Waals surface area contributed by atoms with Crippen molar-refractivity contribution >= 4 is 34.2 Å². The quantitative estimate of drug-likeness (QED) is 0.825. The lowest BCUT2D eigenvalue weighted by Gasteiger charge is -2.19. The summed E-state index contributed by atoms with van der Waals surface area (Å²) in [5.41, 5.74) is 6.23. The van der Waals surface area contributed by atoms with Crippen LogP contribution in [0.3, 0.4) is 0 Å². The molecule has 5 nitrogen and oxygen atoms in total. The molecule has 1 aromatic rings. The van der Waals surface area contributed by atoms with Crippen LogP contribution in [0.15, 0.2) is 16.6 Å². The van der Waals surface area contributed by atoms with Crippen LogP contribution in [-0.4, -0.2) is 25.3 Å². The molecule has 0 saturated heterocycles. The smallest absolute Gasteiger partial charge is 0.251 e. The van der Waals surface area contributed by atoms with Crippen molar-refractivity contribution in [2.75, 3.05) is 13.3 Å². The summed E-state index contributed by atoms with van der Waals surface area (Å²) in [6.07, 6.45) is 0.855. The van der Waals surface area contributed by atoms with Crippen LogP contribution in [-0.2, 0) is 0 Å². The number of carbonyl (C=O) groups excluding carboxylic acids is 1. The average Bonchev–Trinajstić information content (AvgIpc) is 2.86. The van der Waals surface area contributed by atoms with Gasteiger partial charge in [-0.1, -0.05) is 13.8 Å². The first-order valence-corrected chi connectivity index (χ1v) is 7.40. The van der Waals surface area contributed by atoms with Crippen LogP contribution >= 0.6 is 28.3 Å². The van der Waals surface area contributed by atoms with Gasteiger partial charge in [-0.3, -0.25) is 4.79 Å². The molecule has 0 bridgehead atoms. The fourth-order valence-corrected chi connectivity index (χ4v) is 2.71. The Morgan fingerprint density at radius 2 is 2.14 bits per heavy atom. The minimum absolute atomic E-state index is 0. The number of fused-ring (bicyclic) bond motifs is 1. The first-order chi connectivity index (χ1) is 9.51. The molecule has 1 atom stereocenters. The monoisotopic (exact) mass is 378 g/mol. The summed E-state index contributed by atoms with van der Waals surface area (Å²) in [6, 6.07) is 3.39. The molecule has 0 aromatic heterocycles. The molecule has 1 aromatic carbocycles. The Bertz CT molecular complexity index is 511. The minimum Gasteiger partial charge on any atom is -0.454 e. The van der Waals surface area contributed by atoms with Crippen molar-refractivity contribution < 1.29 is 14.3 Å². The van der Waals surface area contributed by atoms with Gasteiger partial charge in [0.05, 0.1) is 4.47 Å². The average molecular weight is 380 g/mol. The van der Waals surface area contributed by atoms with Crippen molar-refractivity contribution in [3.63, 3.8) is 0 Å². The third-order valence-electron chi connectivity index (χ3n) is 3.07. The van der Waals surface area contributed by atoms with Gasteiger partial charge in [-0.15, -0.1) is 12.4 Å². The third-order valence-corrected chi connectivity index (χ3v) is 3.65. The zero-order valence-electron chi connectivity index (χ0n) is 12.0. The highest BCUT2D eigenvalue weighted by Gasteiger charge is 2.21. The molecule has 0 aliphatic carbocycles. The van der Waals surface area contributed by atoms with Crippen LogP contribution in [0.2, 0.25) is 0 Å². The van der Waals surface area contributed by atoms with Gasteiger partial charge in [0.25, 0.3) is 5.91 Å². The van der Waals surface area contributed by atoms with E-state index < -0.39 is 0 Å². The Morgan fingerprint density at radius 1 is 1.43 bits per heavy atom. The van der Waals surface area contributed by atoms with Crippen LogP contribution < -0.4 is 20.5 Å². The third kappa shape index (κ3) is 4.49. The standard InChI is InChI=1S/C14H19BrN2O3.ClH/c1-8(2)3-10(6-16)17-14(18)9-4-11(15)13-12(5-9)19-7-20-13;/h4-5,8,10H,3,6-7,16H2,1-2H3,(H,17,18);1H. The van der Waals surface area contributed by atoms with Crippen molar-refractivity contribution in [3.8, 4) is 11.5 Å². The van der Waals surface area contributed by atoms with Crippen LogP contribution in [0.4, 0.5) is 0 Å². The van der Waals surface area contributed by atoms with E-state index >= 15 is 0 Å². The van der Waals surface area contributed by atoms with Crippen molar-refractivity contribution in [2.45, 2.75) is 26.3 Å². The van der Waals surface area contributed by atoms with E-state index in [1.54, 1.807) is 12.1 Å². The van der Waals surface area contributed by atoms with Crippen molar-refractivity contribution in [3.05, 3.63) is 22.2 Å². The second kappa shape index (κ2) is 7.87. The summed E-state index contributed by atoms with van der Waals surface area (Å²) < 4.78 is 11.3. The number of amides is 1. The summed E-state index contributed by atoms with van der Waals surface area (Å²) in [5.74, 6) is 1.55. The van der Waals surface area contributed by atoms with Gasteiger partial charge >= 0.3 is 0 Å². The van der Waals surface area contributed by atoms with E-state index in [0.29, 0.717) is 34.0 Å². The lowest BCUT2D eigenvalue weighted by molar-refractivity contribution is 0.0933. The van der Waals surface area contributed by atoms with E-state index in [4.69, 9.17) is 15.2 Å². The molecule has 7 heteroatoms. The number of carbonyl (C=O) groups is 1. The first-order valence-electron chi connectivity index (χ1n) is 6.61. The highest BCUT2D eigenvalue weighted by Crippen LogP contribution is 2.39. The fraction of sp³-hybridized carbons (Fsp3) is 0.500. The fourth-order valence-electron chi connectivity index (χ4n) is 2.15. The molecule has 1 aliphatic rings. The molecule has 21 heavy (non-hydrogen) atoms. The molecule has 118 valence electrons. The second-order valence-electron chi connectivity index (χ2n) is 5.23. The molecule has 1 unspecified atom stereocenters. The zero-order valence-corrected chi connectivity index (χ0v) is 14.4. The number of ether oxygens (including phenoxy) is 2. The molecule has 0 fully saturated rings. The number of hydrogen-bond acceptors (Lipinski definition) is 4. The molecule has 0 saturated carbocycles. The molecule has 0 radical (unpaired) electrons. The van der Waals surface area contributed by atoms with Gasteiger partial charge in [0.15, 0.2) is 11.5 Å². The molecule has 0 spiro atoms. The maximum atomic E-state index is 12.3. The molecular weight excluding hydrogens is 360 g/mol. The SMILES string of the molecule is CC(C)CC(CN)NC(=O)c1cc(Br)c2c(c1)OCO2.Cl. The Hall–Kier alpha value is -0.980. The highest BCUT2D eigenvalue weighted by molar-refractivity contribution is 9.10.